The van der Waals surface area contributed by atoms with E-state index < -0.39 is 29.0 Å². The Morgan fingerprint density at radius 3 is 2.26 bits per heavy atom. The molecule has 1 aromatic heterocycles. The number of hydrogen-bond acceptors (Lipinski definition) is 5. The highest BCUT2D eigenvalue weighted by Crippen LogP contribution is 2.21. The fourth-order valence-electron chi connectivity index (χ4n) is 3.75. The monoisotopic (exact) mass is 484 g/mol. The molecule has 0 radical (unpaired) electrons. The summed E-state index contributed by atoms with van der Waals surface area (Å²) in [4.78, 5) is 29.5. The van der Waals surface area contributed by atoms with Crippen LogP contribution in [0.5, 0.6) is 0 Å². The molecule has 0 bridgehead atoms. The number of nitrogens with zero attached hydrogens (tertiary/aromatic N) is 3. The highest BCUT2D eigenvalue weighted by molar-refractivity contribution is 6.11. The van der Waals surface area contributed by atoms with Gasteiger partial charge >= 0.3 is 0 Å². The van der Waals surface area contributed by atoms with Gasteiger partial charge in [0.1, 0.15) is 17.2 Å². The number of carbonyl (C=O) groups excluding carboxylic acids is 2. The Morgan fingerprint density at radius 1 is 1.00 bits per heavy atom. The summed E-state index contributed by atoms with van der Waals surface area (Å²) in [5, 5.41) is 11.4. The Labute approximate surface area is 203 Å². The molecule has 1 atom stereocenters. The maximum atomic E-state index is 13.9. The zero-order valence-electron chi connectivity index (χ0n) is 20.2. The minimum absolute atomic E-state index is 0.00197. The number of H-pyrrole nitrogens is 1. The van der Waals surface area contributed by atoms with E-state index in [0.29, 0.717) is 11.7 Å². The van der Waals surface area contributed by atoms with Gasteiger partial charge in [-0.2, -0.15) is 5.10 Å². The smallest absolute Gasteiger partial charge is 0.278 e. The average Bonchev–Trinajstić information content (AvgIpc) is 3.27. The molecule has 0 fully saturated rings. The van der Waals surface area contributed by atoms with Crippen LogP contribution in [0, 0.1) is 11.6 Å². The molecule has 0 aliphatic carbocycles. The van der Waals surface area contributed by atoms with Crippen LogP contribution in [-0.2, 0) is 0 Å². The average molecular weight is 485 g/mol. The standard InChI is InChI=1S/C25H30F2N6O2/c1-5-17(32(2)3)13-14-33(4)18-11-9-16(10-12-18)29-25(35)23-21(15-28-31-23)30-24(34)22-19(26)7-6-8-20(22)27/h6-12,15,17H,5,13-14H2,1-4H3,(H,28,31)(H,29,35)(H,30,34). The first-order valence-electron chi connectivity index (χ1n) is 11.3. The molecule has 0 aliphatic rings. The second-order valence-electron chi connectivity index (χ2n) is 8.44. The molecule has 8 nitrogen and oxygen atoms in total. The first kappa shape index (κ1) is 25.8. The van der Waals surface area contributed by atoms with Gasteiger partial charge in [-0.1, -0.05) is 13.0 Å². The zero-order valence-corrected chi connectivity index (χ0v) is 20.2. The van der Waals surface area contributed by atoms with E-state index in [2.05, 4.69) is 51.6 Å². The first-order chi connectivity index (χ1) is 16.7. The lowest BCUT2D eigenvalue weighted by Crippen LogP contribution is -2.31. The SMILES string of the molecule is CCC(CCN(C)c1ccc(NC(=O)c2n[nH]cc2NC(=O)c2c(F)cccc2F)cc1)N(C)C. The predicted molar refractivity (Wildman–Crippen MR) is 133 cm³/mol. The van der Waals surface area contributed by atoms with Gasteiger partial charge in [0.15, 0.2) is 5.69 Å². The highest BCUT2D eigenvalue weighted by atomic mass is 19.1. The van der Waals surface area contributed by atoms with E-state index in [1.165, 1.54) is 6.20 Å². The molecule has 35 heavy (non-hydrogen) atoms. The van der Waals surface area contributed by atoms with Crippen LogP contribution in [0.1, 0.15) is 40.6 Å². The van der Waals surface area contributed by atoms with Crippen LogP contribution in [-0.4, -0.2) is 60.6 Å². The van der Waals surface area contributed by atoms with Gasteiger partial charge < -0.3 is 20.4 Å². The lowest BCUT2D eigenvalue weighted by atomic mass is 10.1. The van der Waals surface area contributed by atoms with Crippen molar-refractivity contribution in [2.45, 2.75) is 25.8 Å². The van der Waals surface area contributed by atoms with Crippen molar-refractivity contribution in [3.8, 4) is 0 Å². The van der Waals surface area contributed by atoms with E-state index in [4.69, 9.17) is 0 Å². The maximum absolute atomic E-state index is 13.9. The van der Waals surface area contributed by atoms with Crippen LogP contribution < -0.4 is 15.5 Å². The molecule has 2 amide bonds. The zero-order chi connectivity index (χ0) is 25.5. The number of aromatic amines is 1. The number of rotatable bonds is 10. The molecule has 3 N–H and O–H groups in total. The summed E-state index contributed by atoms with van der Waals surface area (Å²) in [5.74, 6) is -3.63. The lowest BCUT2D eigenvalue weighted by Gasteiger charge is -2.27. The van der Waals surface area contributed by atoms with Crippen molar-refractivity contribution in [2.24, 2.45) is 0 Å². The fraction of sp³-hybridized carbons (Fsp3) is 0.320. The van der Waals surface area contributed by atoms with E-state index in [-0.39, 0.29) is 11.4 Å². The molecule has 1 heterocycles. The number of nitrogens with one attached hydrogen (secondary N) is 3. The number of amides is 2. The summed E-state index contributed by atoms with van der Waals surface area (Å²) in [6, 6.07) is 11.0. The second-order valence-corrected chi connectivity index (χ2v) is 8.44. The Balaban J connectivity index is 1.63. The van der Waals surface area contributed by atoms with Crippen molar-refractivity contribution in [1.82, 2.24) is 15.1 Å². The molecule has 0 saturated heterocycles. The summed E-state index contributed by atoms with van der Waals surface area (Å²) in [5.41, 5.74) is 0.683. The van der Waals surface area contributed by atoms with Gasteiger partial charge in [-0.25, -0.2) is 8.78 Å². The molecule has 0 aliphatic heterocycles. The molecular weight excluding hydrogens is 454 g/mol. The number of carbonyl (C=O) groups is 2. The van der Waals surface area contributed by atoms with E-state index >= 15 is 0 Å². The molecule has 0 saturated carbocycles. The summed E-state index contributed by atoms with van der Waals surface area (Å²) in [7, 11) is 6.19. The van der Waals surface area contributed by atoms with Crippen LogP contribution in [0.2, 0.25) is 0 Å². The minimum Gasteiger partial charge on any atom is -0.375 e. The molecule has 3 rings (SSSR count). The third-order valence-corrected chi connectivity index (χ3v) is 5.86. The van der Waals surface area contributed by atoms with Gasteiger partial charge in [-0.3, -0.25) is 14.7 Å². The van der Waals surface area contributed by atoms with Crippen molar-refractivity contribution in [2.75, 3.05) is 43.2 Å². The number of hydrogen-bond donors (Lipinski definition) is 3. The molecule has 2 aromatic carbocycles. The van der Waals surface area contributed by atoms with Crippen molar-refractivity contribution in [1.29, 1.82) is 0 Å². The lowest BCUT2D eigenvalue weighted by molar-refractivity contribution is 0.101. The second kappa shape index (κ2) is 11.6. The van der Waals surface area contributed by atoms with Gasteiger partial charge in [-0.05, 0) is 63.3 Å². The molecule has 10 heteroatoms. The van der Waals surface area contributed by atoms with Gasteiger partial charge in [0.25, 0.3) is 11.8 Å². The summed E-state index contributed by atoms with van der Waals surface area (Å²) >= 11 is 0. The molecular formula is C25H30F2N6O2. The fourth-order valence-corrected chi connectivity index (χ4v) is 3.75. The first-order valence-corrected chi connectivity index (χ1v) is 11.3. The quantitative estimate of drug-likeness (QED) is 0.398. The number of anilines is 3. The third-order valence-electron chi connectivity index (χ3n) is 5.86. The van der Waals surface area contributed by atoms with E-state index in [1.54, 1.807) is 12.1 Å². The summed E-state index contributed by atoms with van der Waals surface area (Å²) in [6.45, 7) is 3.07. The molecule has 3 aromatic rings. The highest BCUT2D eigenvalue weighted by Gasteiger charge is 2.21. The Kier molecular flexibility index (Phi) is 8.53. The topological polar surface area (TPSA) is 93.4 Å². The van der Waals surface area contributed by atoms with Crippen molar-refractivity contribution >= 4 is 28.9 Å². The minimum atomic E-state index is -1.02. The van der Waals surface area contributed by atoms with Crippen LogP contribution in [0.15, 0.2) is 48.7 Å². The Morgan fingerprint density at radius 2 is 1.66 bits per heavy atom. The Hall–Kier alpha value is -3.79. The van der Waals surface area contributed by atoms with Crippen LogP contribution in [0.4, 0.5) is 25.8 Å². The Bertz CT molecular complexity index is 1140. The van der Waals surface area contributed by atoms with E-state index in [1.807, 2.05) is 19.2 Å². The summed E-state index contributed by atoms with van der Waals surface area (Å²) in [6.07, 6.45) is 3.38. The van der Waals surface area contributed by atoms with E-state index in [9.17, 15) is 18.4 Å². The molecule has 0 spiro atoms. The van der Waals surface area contributed by atoms with Crippen molar-refractivity contribution in [3.05, 3.63) is 71.6 Å². The normalized spacial score (nSPS) is 11.9. The molecule has 1 unspecified atom stereocenters. The van der Waals surface area contributed by atoms with Gasteiger partial charge in [-0.15, -0.1) is 0 Å². The van der Waals surface area contributed by atoms with Crippen molar-refractivity contribution in [3.63, 3.8) is 0 Å². The van der Waals surface area contributed by atoms with Crippen LogP contribution >= 0.6 is 0 Å². The number of halogens is 2. The van der Waals surface area contributed by atoms with Crippen molar-refractivity contribution < 1.29 is 18.4 Å². The largest absolute Gasteiger partial charge is 0.375 e. The summed E-state index contributed by atoms with van der Waals surface area (Å²) < 4.78 is 27.8. The van der Waals surface area contributed by atoms with Gasteiger partial charge in [0, 0.05) is 37.2 Å². The van der Waals surface area contributed by atoms with Crippen LogP contribution in [0.3, 0.4) is 0 Å². The van der Waals surface area contributed by atoms with Gasteiger partial charge in [0.05, 0.1) is 5.69 Å². The van der Waals surface area contributed by atoms with E-state index in [0.717, 1.165) is 43.3 Å². The predicted octanol–water partition coefficient (Wildman–Crippen LogP) is 4.36. The maximum Gasteiger partial charge on any atom is 0.278 e. The van der Waals surface area contributed by atoms with Crippen LogP contribution in [0.25, 0.3) is 0 Å². The third kappa shape index (κ3) is 6.42. The number of benzene rings is 2. The number of aromatic nitrogens is 2. The molecule has 186 valence electrons. The van der Waals surface area contributed by atoms with Gasteiger partial charge in [0.2, 0.25) is 0 Å².